The first-order valence-electron chi connectivity index (χ1n) is 8.86. The maximum atomic E-state index is 13.5. The number of piperidine rings is 1. The number of carbonyl (C=O) groups is 2. The first-order chi connectivity index (χ1) is 12.0. The van der Waals surface area contributed by atoms with Gasteiger partial charge in [0.1, 0.15) is 5.82 Å². The van der Waals surface area contributed by atoms with E-state index in [1.54, 1.807) is 23.9 Å². The second kappa shape index (κ2) is 9.80. The largest absolute Gasteiger partial charge is 0.355 e. The molecule has 2 rings (SSSR count). The molecule has 1 heterocycles. The topological polar surface area (TPSA) is 49.4 Å². The zero-order valence-electron chi connectivity index (χ0n) is 15.0. The van der Waals surface area contributed by atoms with Crippen LogP contribution in [0.15, 0.2) is 24.3 Å². The highest BCUT2D eigenvalue weighted by molar-refractivity contribution is 7.98. The lowest BCUT2D eigenvalue weighted by Crippen LogP contribution is -2.44. The van der Waals surface area contributed by atoms with Gasteiger partial charge in [-0.15, -0.1) is 0 Å². The molecule has 2 amide bonds. The number of thioether (sulfide) groups is 1. The predicted octanol–water partition coefficient (Wildman–Crippen LogP) is 3.07. The van der Waals surface area contributed by atoms with E-state index in [-0.39, 0.29) is 29.5 Å². The molecule has 1 aliphatic rings. The van der Waals surface area contributed by atoms with Crippen molar-refractivity contribution >= 4 is 23.6 Å². The van der Waals surface area contributed by atoms with Crippen LogP contribution in [0.25, 0.3) is 0 Å². The molecule has 0 radical (unpaired) electrons. The van der Waals surface area contributed by atoms with E-state index >= 15 is 0 Å². The summed E-state index contributed by atoms with van der Waals surface area (Å²) in [5, 5.41) is 2.96. The molecule has 0 unspecified atom stereocenters. The maximum absolute atomic E-state index is 13.5. The Hall–Kier alpha value is -1.56. The van der Waals surface area contributed by atoms with E-state index in [2.05, 4.69) is 5.32 Å². The normalized spacial score (nSPS) is 15.4. The third-order valence-electron chi connectivity index (χ3n) is 4.43. The molecule has 0 bridgehead atoms. The molecule has 1 fully saturated rings. The summed E-state index contributed by atoms with van der Waals surface area (Å²) < 4.78 is 13.5. The summed E-state index contributed by atoms with van der Waals surface area (Å²) in [5.41, 5.74) is 0.695. The van der Waals surface area contributed by atoms with Crippen molar-refractivity contribution in [3.63, 3.8) is 0 Å². The molecular weight excluding hydrogens is 339 g/mol. The van der Waals surface area contributed by atoms with E-state index in [0.29, 0.717) is 31.0 Å². The van der Waals surface area contributed by atoms with Gasteiger partial charge < -0.3 is 10.2 Å². The van der Waals surface area contributed by atoms with Gasteiger partial charge in [0, 0.05) is 43.0 Å². The smallest absolute Gasteiger partial charge is 0.225 e. The van der Waals surface area contributed by atoms with Crippen molar-refractivity contribution in [3.05, 3.63) is 35.6 Å². The fourth-order valence-electron chi connectivity index (χ4n) is 2.92. The number of nitrogens with zero attached hydrogens (tertiary/aromatic N) is 1. The Bertz CT molecular complexity index is 587. The lowest BCUT2D eigenvalue weighted by atomic mass is 9.95. The van der Waals surface area contributed by atoms with E-state index in [9.17, 15) is 14.0 Å². The van der Waals surface area contributed by atoms with Crippen molar-refractivity contribution in [1.82, 2.24) is 10.2 Å². The van der Waals surface area contributed by atoms with Gasteiger partial charge in [-0.3, -0.25) is 9.59 Å². The molecule has 4 nitrogen and oxygen atoms in total. The van der Waals surface area contributed by atoms with Crippen LogP contribution in [0.4, 0.5) is 4.39 Å². The molecule has 0 aliphatic carbocycles. The Morgan fingerprint density at radius 1 is 1.28 bits per heavy atom. The highest BCUT2D eigenvalue weighted by Gasteiger charge is 2.27. The minimum absolute atomic E-state index is 0.00669. The molecule has 0 spiro atoms. The Kier molecular flexibility index (Phi) is 7.75. The van der Waals surface area contributed by atoms with Gasteiger partial charge in [0.2, 0.25) is 11.8 Å². The minimum Gasteiger partial charge on any atom is -0.355 e. The molecule has 1 N–H and O–H groups in total. The number of carbonyl (C=O) groups excluding carboxylic acids is 2. The van der Waals surface area contributed by atoms with Crippen molar-refractivity contribution < 1.29 is 14.0 Å². The molecule has 25 heavy (non-hydrogen) atoms. The van der Waals surface area contributed by atoms with Crippen molar-refractivity contribution in [2.24, 2.45) is 11.8 Å². The van der Waals surface area contributed by atoms with Crippen LogP contribution in [0.5, 0.6) is 0 Å². The number of benzene rings is 1. The molecule has 0 saturated carbocycles. The highest BCUT2D eigenvalue weighted by Crippen LogP contribution is 2.19. The standard InChI is InChI=1S/C19H27FN2O2S/c1-14(2)19(24)22-10-7-15(8-11-22)18(23)21-9-12-25-13-16-5-3-4-6-17(16)20/h3-6,14-15H,7-13H2,1-2H3,(H,21,23). The third-order valence-corrected chi connectivity index (χ3v) is 5.44. The second-order valence-electron chi connectivity index (χ2n) is 6.69. The average molecular weight is 367 g/mol. The van der Waals surface area contributed by atoms with Crippen LogP contribution in [0, 0.1) is 17.7 Å². The number of likely N-dealkylation sites (tertiary alicyclic amines) is 1. The fraction of sp³-hybridized carbons (Fsp3) is 0.579. The van der Waals surface area contributed by atoms with Crippen LogP contribution in [0.2, 0.25) is 0 Å². The molecule has 0 atom stereocenters. The molecule has 1 aliphatic heterocycles. The number of hydrogen-bond donors (Lipinski definition) is 1. The lowest BCUT2D eigenvalue weighted by Gasteiger charge is -2.32. The van der Waals surface area contributed by atoms with E-state index in [1.807, 2.05) is 24.8 Å². The zero-order valence-corrected chi connectivity index (χ0v) is 15.8. The Morgan fingerprint density at radius 2 is 1.96 bits per heavy atom. The van der Waals surface area contributed by atoms with Gasteiger partial charge in [-0.1, -0.05) is 32.0 Å². The first kappa shape index (κ1) is 19.8. The van der Waals surface area contributed by atoms with Gasteiger partial charge in [-0.05, 0) is 24.5 Å². The number of halogens is 1. The number of rotatable bonds is 7. The van der Waals surface area contributed by atoms with Gasteiger partial charge in [0.25, 0.3) is 0 Å². The highest BCUT2D eigenvalue weighted by atomic mass is 32.2. The molecule has 138 valence electrons. The van der Waals surface area contributed by atoms with E-state index < -0.39 is 0 Å². The monoisotopic (exact) mass is 366 g/mol. The van der Waals surface area contributed by atoms with Crippen LogP contribution < -0.4 is 5.32 Å². The Labute approximate surface area is 153 Å². The van der Waals surface area contributed by atoms with Crippen LogP contribution >= 0.6 is 11.8 Å². The zero-order chi connectivity index (χ0) is 18.2. The van der Waals surface area contributed by atoms with Crippen LogP contribution in [0.3, 0.4) is 0 Å². The van der Waals surface area contributed by atoms with E-state index in [0.717, 1.165) is 18.6 Å². The molecule has 1 aromatic carbocycles. The summed E-state index contributed by atoms with van der Waals surface area (Å²) in [7, 11) is 0. The van der Waals surface area contributed by atoms with Crippen LogP contribution in [0.1, 0.15) is 32.3 Å². The molecule has 6 heteroatoms. The van der Waals surface area contributed by atoms with Crippen molar-refractivity contribution in [3.8, 4) is 0 Å². The Balaban J connectivity index is 1.61. The number of hydrogen-bond acceptors (Lipinski definition) is 3. The average Bonchev–Trinajstić information content (AvgIpc) is 2.62. The SMILES string of the molecule is CC(C)C(=O)N1CCC(C(=O)NCCSCc2ccccc2F)CC1. The predicted molar refractivity (Wildman–Crippen MR) is 99.7 cm³/mol. The molecular formula is C19H27FN2O2S. The van der Waals surface area contributed by atoms with Crippen molar-refractivity contribution in [2.45, 2.75) is 32.4 Å². The molecule has 0 aromatic heterocycles. The number of nitrogens with one attached hydrogen (secondary N) is 1. The van der Waals surface area contributed by atoms with E-state index in [1.165, 1.54) is 6.07 Å². The van der Waals surface area contributed by atoms with Gasteiger partial charge >= 0.3 is 0 Å². The van der Waals surface area contributed by atoms with Gasteiger partial charge in [-0.2, -0.15) is 11.8 Å². The van der Waals surface area contributed by atoms with E-state index in [4.69, 9.17) is 0 Å². The van der Waals surface area contributed by atoms with Gasteiger partial charge in [0.15, 0.2) is 0 Å². The summed E-state index contributed by atoms with van der Waals surface area (Å²) in [6.45, 7) is 5.72. The summed E-state index contributed by atoms with van der Waals surface area (Å²) in [6.07, 6.45) is 1.46. The summed E-state index contributed by atoms with van der Waals surface area (Å²) in [6, 6.07) is 6.77. The second-order valence-corrected chi connectivity index (χ2v) is 7.79. The third kappa shape index (κ3) is 6.03. The minimum atomic E-state index is -0.179. The Morgan fingerprint density at radius 3 is 2.60 bits per heavy atom. The van der Waals surface area contributed by atoms with Crippen LogP contribution in [-0.4, -0.2) is 42.1 Å². The summed E-state index contributed by atoms with van der Waals surface area (Å²) >= 11 is 1.61. The van der Waals surface area contributed by atoms with Crippen molar-refractivity contribution in [1.29, 1.82) is 0 Å². The lowest BCUT2D eigenvalue weighted by molar-refractivity contribution is -0.138. The molecule has 1 saturated heterocycles. The first-order valence-corrected chi connectivity index (χ1v) is 10.0. The van der Waals surface area contributed by atoms with Gasteiger partial charge in [-0.25, -0.2) is 4.39 Å². The fourth-order valence-corrected chi connectivity index (χ4v) is 3.76. The molecule has 1 aromatic rings. The summed E-state index contributed by atoms with van der Waals surface area (Å²) in [4.78, 5) is 26.0. The number of amides is 2. The quantitative estimate of drug-likeness (QED) is 0.755. The van der Waals surface area contributed by atoms with Crippen LogP contribution in [-0.2, 0) is 15.3 Å². The van der Waals surface area contributed by atoms with Crippen molar-refractivity contribution in [2.75, 3.05) is 25.4 Å². The van der Waals surface area contributed by atoms with Gasteiger partial charge in [0.05, 0.1) is 0 Å². The summed E-state index contributed by atoms with van der Waals surface area (Å²) in [5.74, 6) is 1.43. The maximum Gasteiger partial charge on any atom is 0.225 e.